The molecule has 53 heavy (non-hydrogen) atoms. The summed E-state index contributed by atoms with van der Waals surface area (Å²) in [7, 11) is -2.63. The topological polar surface area (TPSA) is 0 Å². The lowest BCUT2D eigenvalue weighted by atomic mass is 9.74. The van der Waals surface area contributed by atoms with Crippen LogP contribution in [0.1, 0.15) is 110 Å². The van der Waals surface area contributed by atoms with E-state index in [0.717, 1.165) is 0 Å². The van der Waals surface area contributed by atoms with E-state index < -0.39 is 8.07 Å². The van der Waals surface area contributed by atoms with Crippen molar-refractivity contribution in [1.82, 2.24) is 0 Å². The summed E-state index contributed by atoms with van der Waals surface area (Å²) < 4.78 is 0. The Kier molecular flexibility index (Phi) is 10.0. The molecule has 0 nitrogen and oxygen atoms in total. The van der Waals surface area contributed by atoms with Gasteiger partial charge < -0.3 is 0 Å². The van der Waals surface area contributed by atoms with E-state index in [9.17, 15) is 0 Å². The smallest absolute Gasteiger partial charge is 0.0654 e. The summed E-state index contributed by atoms with van der Waals surface area (Å²) >= 11 is 0. The molecule has 0 fully saturated rings. The maximum atomic E-state index is 2.54. The van der Waals surface area contributed by atoms with Crippen LogP contribution in [0.2, 0.25) is 0 Å². The van der Waals surface area contributed by atoms with Gasteiger partial charge in [-0.05, 0) is 88.6 Å². The van der Waals surface area contributed by atoms with Crippen LogP contribution in [-0.2, 0) is 16.2 Å². The predicted molar refractivity (Wildman–Crippen MR) is 234 cm³/mol. The van der Waals surface area contributed by atoms with Crippen LogP contribution in [0, 0.1) is 0 Å². The Balaban J connectivity index is 1.35. The molecule has 0 spiro atoms. The summed E-state index contributed by atoms with van der Waals surface area (Å²) in [4.78, 5) is 0. The fourth-order valence-corrected chi connectivity index (χ4v) is 13.7. The number of hydrogen-bond donors (Lipinski definition) is 0. The van der Waals surface area contributed by atoms with Gasteiger partial charge in [0.15, 0.2) is 8.07 Å². The van der Waals surface area contributed by atoms with Gasteiger partial charge in [0.25, 0.3) is 0 Å². The molecule has 1 unspecified atom stereocenters. The minimum Gasteiger partial charge on any atom is -0.0654 e. The highest BCUT2D eigenvalue weighted by atomic mass is 28.3. The molecule has 7 rings (SSSR count). The molecule has 1 aliphatic carbocycles. The first-order chi connectivity index (χ1) is 25.4. The van der Waals surface area contributed by atoms with E-state index in [-0.39, 0.29) is 16.2 Å². The average molecular weight is 711 g/mol. The van der Waals surface area contributed by atoms with E-state index >= 15 is 0 Å². The summed E-state index contributed by atoms with van der Waals surface area (Å²) in [6.45, 7) is 18.8. The van der Waals surface area contributed by atoms with Gasteiger partial charge in [0.05, 0.1) is 0 Å². The zero-order valence-electron chi connectivity index (χ0n) is 33.4. The summed E-state index contributed by atoms with van der Waals surface area (Å²) in [5.74, 6) is 0. The second-order valence-corrected chi connectivity index (χ2v) is 21.6. The summed E-state index contributed by atoms with van der Waals surface area (Å²) in [5.41, 5.74) is 11.4. The SMILES string of the molecule is CCCCCCC1(C)c2cc(-c3ccc([Si](c4ccccc4)(c4ccccc4)c4ccc(C(C)(C)C)cc4)cc3)ccc2-c2ccc(C(C)(C)C)cc21. The molecule has 0 radical (unpaired) electrons. The molecule has 6 aromatic carbocycles. The van der Waals surface area contributed by atoms with E-state index in [2.05, 4.69) is 201 Å². The summed E-state index contributed by atoms with van der Waals surface area (Å²) in [6.07, 6.45) is 6.30. The Morgan fingerprint density at radius 1 is 0.453 bits per heavy atom. The van der Waals surface area contributed by atoms with E-state index in [1.54, 1.807) is 0 Å². The molecule has 0 N–H and O–H groups in total. The lowest BCUT2D eigenvalue weighted by Gasteiger charge is -2.35. The van der Waals surface area contributed by atoms with E-state index in [4.69, 9.17) is 0 Å². The van der Waals surface area contributed by atoms with Gasteiger partial charge in [-0.15, -0.1) is 0 Å². The van der Waals surface area contributed by atoms with Crippen LogP contribution in [0.4, 0.5) is 0 Å². The third kappa shape index (κ3) is 6.78. The maximum Gasteiger partial charge on any atom is 0.179 e. The number of fused-ring (bicyclic) bond motifs is 3. The molecule has 1 aliphatic rings. The molecule has 0 saturated heterocycles. The first-order valence-corrected chi connectivity index (χ1v) is 22.0. The van der Waals surface area contributed by atoms with Crippen LogP contribution < -0.4 is 20.7 Å². The van der Waals surface area contributed by atoms with Crippen LogP contribution in [0.15, 0.2) is 146 Å². The van der Waals surface area contributed by atoms with Crippen molar-refractivity contribution in [2.45, 2.75) is 104 Å². The van der Waals surface area contributed by atoms with Crippen LogP contribution >= 0.6 is 0 Å². The second-order valence-electron chi connectivity index (χ2n) is 17.8. The van der Waals surface area contributed by atoms with Crippen molar-refractivity contribution in [1.29, 1.82) is 0 Å². The van der Waals surface area contributed by atoms with Gasteiger partial charge in [-0.1, -0.05) is 221 Å². The fraction of sp³-hybridized carbons (Fsp3) is 0.308. The Bertz CT molecular complexity index is 2120. The summed E-state index contributed by atoms with van der Waals surface area (Å²) in [5, 5.41) is 5.64. The molecule has 1 heteroatoms. The van der Waals surface area contributed by atoms with Gasteiger partial charge in [-0.2, -0.15) is 0 Å². The van der Waals surface area contributed by atoms with Crippen LogP contribution in [-0.4, -0.2) is 8.07 Å². The molecular formula is C52H58Si. The van der Waals surface area contributed by atoms with Crippen molar-refractivity contribution in [2.24, 2.45) is 0 Å². The van der Waals surface area contributed by atoms with E-state index in [1.165, 1.54) is 97.4 Å². The Hall–Kier alpha value is -4.46. The van der Waals surface area contributed by atoms with Gasteiger partial charge in [-0.3, -0.25) is 0 Å². The summed E-state index contributed by atoms with van der Waals surface area (Å²) in [6, 6.07) is 56.4. The molecular weight excluding hydrogens is 653 g/mol. The Morgan fingerprint density at radius 2 is 0.906 bits per heavy atom. The van der Waals surface area contributed by atoms with Gasteiger partial charge in [-0.25, -0.2) is 0 Å². The van der Waals surface area contributed by atoms with Crippen molar-refractivity contribution in [3.05, 3.63) is 168 Å². The number of benzene rings is 6. The second kappa shape index (κ2) is 14.4. The standard InChI is InChI=1S/C52H58Si/c1-9-10-11-18-35-52(8)48-36-39(25-33-46(48)47-34-28-41(37-49(47)52)51(5,6)7)38-23-29-44(30-24-38)53(42-19-14-12-15-20-42,43-21-16-13-17-22-43)45-31-26-40(27-32-45)50(2,3)4/h12-17,19-34,36-37H,9-11,18,35H2,1-8H3. The third-order valence-electron chi connectivity index (χ3n) is 12.2. The quantitative estimate of drug-likeness (QED) is 0.0754. The molecule has 0 aromatic heterocycles. The average Bonchev–Trinajstić information content (AvgIpc) is 3.41. The molecule has 1 atom stereocenters. The Labute approximate surface area is 321 Å². The minimum atomic E-state index is -2.63. The van der Waals surface area contributed by atoms with Crippen molar-refractivity contribution < 1.29 is 0 Å². The van der Waals surface area contributed by atoms with Crippen LogP contribution in [0.3, 0.4) is 0 Å². The zero-order chi connectivity index (χ0) is 37.4. The third-order valence-corrected chi connectivity index (χ3v) is 17.0. The lowest BCUT2D eigenvalue weighted by Crippen LogP contribution is -2.74. The van der Waals surface area contributed by atoms with Crippen LogP contribution in [0.25, 0.3) is 22.3 Å². The zero-order valence-corrected chi connectivity index (χ0v) is 34.4. The molecule has 0 bridgehead atoms. The normalized spacial score (nSPS) is 15.6. The van der Waals surface area contributed by atoms with E-state index in [1.807, 2.05) is 0 Å². The lowest BCUT2D eigenvalue weighted by molar-refractivity contribution is 0.485. The molecule has 0 saturated carbocycles. The highest BCUT2D eigenvalue weighted by Gasteiger charge is 2.42. The number of rotatable bonds is 10. The van der Waals surface area contributed by atoms with Crippen molar-refractivity contribution in [3.8, 4) is 22.3 Å². The number of hydrogen-bond acceptors (Lipinski definition) is 0. The Morgan fingerprint density at radius 3 is 1.43 bits per heavy atom. The predicted octanol–water partition coefficient (Wildman–Crippen LogP) is 11.6. The molecule has 6 aromatic rings. The van der Waals surface area contributed by atoms with E-state index in [0.29, 0.717) is 0 Å². The molecule has 0 aliphatic heterocycles. The molecule has 0 amide bonds. The highest BCUT2D eigenvalue weighted by Crippen LogP contribution is 2.53. The fourth-order valence-electron chi connectivity index (χ4n) is 8.95. The van der Waals surface area contributed by atoms with Crippen molar-refractivity contribution in [2.75, 3.05) is 0 Å². The van der Waals surface area contributed by atoms with Crippen LogP contribution in [0.5, 0.6) is 0 Å². The van der Waals surface area contributed by atoms with Gasteiger partial charge in [0.1, 0.15) is 0 Å². The van der Waals surface area contributed by atoms with Gasteiger partial charge in [0, 0.05) is 5.41 Å². The van der Waals surface area contributed by atoms with Gasteiger partial charge in [0.2, 0.25) is 0 Å². The van der Waals surface area contributed by atoms with Gasteiger partial charge >= 0.3 is 0 Å². The monoisotopic (exact) mass is 710 g/mol. The minimum absolute atomic E-state index is 0.00246. The first kappa shape index (κ1) is 36.9. The van der Waals surface area contributed by atoms with Crippen molar-refractivity contribution in [3.63, 3.8) is 0 Å². The molecule has 0 heterocycles. The largest absolute Gasteiger partial charge is 0.179 e. The maximum absolute atomic E-state index is 2.63. The highest BCUT2D eigenvalue weighted by molar-refractivity contribution is 7.19. The molecule has 270 valence electrons. The van der Waals surface area contributed by atoms with Crippen molar-refractivity contribution >= 4 is 28.8 Å². The number of unbranched alkanes of at least 4 members (excludes halogenated alkanes) is 3. The first-order valence-electron chi connectivity index (χ1n) is 20.0.